The molecule has 0 unspecified atom stereocenters. The molecule has 6 nitrogen and oxygen atoms in total. The van der Waals surface area contributed by atoms with E-state index in [1.165, 1.54) is 18.5 Å². The molecule has 0 bridgehead atoms. The Labute approximate surface area is 102 Å². The van der Waals surface area contributed by atoms with Gasteiger partial charge in [-0.15, -0.1) is 11.8 Å². The maximum absolute atomic E-state index is 10.5. The molecule has 0 saturated carbocycles. The normalized spacial score (nSPS) is 10.4. The highest BCUT2D eigenvalue weighted by Crippen LogP contribution is 2.21. The van der Waals surface area contributed by atoms with Crippen molar-refractivity contribution in [2.75, 3.05) is 5.75 Å². The van der Waals surface area contributed by atoms with Crippen molar-refractivity contribution in [3.05, 3.63) is 47.0 Å². The molecule has 1 aromatic carbocycles. The first-order valence-electron chi connectivity index (χ1n) is 4.95. The number of aryl methyl sites for hydroxylation is 1. The topological polar surface area (TPSA) is 73.8 Å². The van der Waals surface area contributed by atoms with Crippen LogP contribution in [-0.4, -0.2) is 25.4 Å². The predicted octanol–water partition coefficient (Wildman–Crippen LogP) is 1.98. The van der Waals surface area contributed by atoms with Crippen LogP contribution in [0.4, 0.5) is 5.69 Å². The summed E-state index contributed by atoms with van der Waals surface area (Å²) in [4.78, 5) is 14.9. The molecule has 0 aliphatic carbocycles. The van der Waals surface area contributed by atoms with Crippen molar-refractivity contribution in [1.82, 2.24) is 14.8 Å². The van der Waals surface area contributed by atoms with Gasteiger partial charge in [0.05, 0.1) is 11.5 Å². The van der Waals surface area contributed by atoms with E-state index in [0.29, 0.717) is 0 Å². The molecule has 0 atom stereocenters. The van der Waals surface area contributed by atoms with Gasteiger partial charge in [-0.2, -0.15) is 5.10 Å². The third kappa shape index (κ3) is 3.28. The maximum Gasteiger partial charge on any atom is 0.269 e. The molecule has 0 N–H and O–H groups in total. The number of nitro groups is 1. The first kappa shape index (κ1) is 11.6. The SMILES string of the molecule is O=[N+]([O-])c1ccc(SCCn2cncn2)cc1. The number of nitro benzene ring substituents is 1. The monoisotopic (exact) mass is 250 g/mol. The first-order chi connectivity index (χ1) is 8.25. The Bertz CT molecular complexity index is 484. The number of thioether (sulfide) groups is 1. The summed E-state index contributed by atoms with van der Waals surface area (Å²) in [6.07, 6.45) is 3.16. The standard InChI is InChI=1S/C10H10N4O2S/c15-14(16)9-1-3-10(4-2-9)17-6-5-13-8-11-7-12-13/h1-4,7-8H,5-6H2. The Kier molecular flexibility index (Phi) is 3.71. The summed E-state index contributed by atoms with van der Waals surface area (Å²) >= 11 is 1.63. The van der Waals surface area contributed by atoms with Gasteiger partial charge in [0, 0.05) is 22.8 Å². The zero-order valence-corrected chi connectivity index (χ0v) is 9.71. The summed E-state index contributed by atoms with van der Waals surface area (Å²) < 4.78 is 1.75. The molecule has 2 rings (SSSR count). The lowest BCUT2D eigenvalue weighted by atomic mass is 10.3. The fraction of sp³-hybridized carbons (Fsp3) is 0.200. The lowest BCUT2D eigenvalue weighted by molar-refractivity contribution is -0.384. The molecular formula is C10H10N4O2S. The first-order valence-corrected chi connectivity index (χ1v) is 5.94. The minimum absolute atomic E-state index is 0.116. The fourth-order valence-corrected chi connectivity index (χ4v) is 2.11. The van der Waals surface area contributed by atoms with Crippen LogP contribution in [0.1, 0.15) is 0 Å². The van der Waals surface area contributed by atoms with Gasteiger partial charge in [0.1, 0.15) is 12.7 Å². The summed E-state index contributed by atoms with van der Waals surface area (Å²) in [7, 11) is 0. The summed E-state index contributed by atoms with van der Waals surface area (Å²) in [5, 5.41) is 14.4. The molecule has 1 aromatic heterocycles. The van der Waals surface area contributed by atoms with E-state index in [1.807, 2.05) is 0 Å². The highest BCUT2D eigenvalue weighted by atomic mass is 32.2. The van der Waals surface area contributed by atoms with Crippen LogP contribution in [0.15, 0.2) is 41.8 Å². The van der Waals surface area contributed by atoms with E-state index in [4.69, 9.17) is 0 Å². The van der Waals surface area contributed by atoms with Crippen molar-refractivity contribution in [1.29, 1.82) is 0 Å². The second-order valence-electron chi connectivity index (χ2n) is 3.26. The lowest BCUT2D eigenvalue weighted by Crippen LogP contribution is -2.00. The zero-order chi connectivity index (χ0) is 12.1. The third-order valence-corrected chi connectivity index (χ3v) is 3.10. The Hall–Kier alpha value is -1.89. The van der Waals surface area contributed by atoms with Crippen LogP contribution in [0.25, 0.3) is 0 Å². The number of hydrogen-bond acceptors (Lipinski definition) is 5. The van der Waals surface area contributed by atoms with Gasteiger partial charge in [-0.25, -0.2) is 4.98 Å². The molecular weight excluding hydrogens is 240 g/mol. The van der Waals surface area contributed by atoms with Gasteiger partial charge in [0.25, 0.3) is 5.69 Å². The molecule has 0 aliphatic rings. The number of rotatable bonds is 5. The minimum Gasteiger partial charge on any atom is -0.258 e. The highest BCUT2D eigenvalue weighted by molar-refractivity contribution is 7.99. The van der Waals surface area contributed by atoms with Crippen LogP contribution in [0, 0.1) is 10.1 Å². The Morgan fingerprint density at radius 3 is 2.71 bits per heavy atom. The van der Waals surface area contributed by atoms with Gasteiger partial charge in [-0.3, -0.25) is 14.8 Å². The predicted molar refractivity (Wildman–Crippen MR) is 63.8 cm³/mol. The minimum atomic E-state index is -0.399. The van der Waals surface area contributed by atoms with Crippen LogP contribution in [-0.2, 0) is 6.54 Å². The average molecular weight is 250 g/mol. The molecule has 1 heterocycles. The van der Waals surface area contributed by atoms with Gasteiger partial charge in [-0.05, 0) is 12.1 Å². The van der Waals surface area contributed by atoms with Crippen molar-refractivity contribution in [3.63, 3.8) is 0 Å². The molecule has 0 fully saturated rings. The summed E-state index contributed by atoms with van der Waals surface area (Å²) in [5.74, 6) is 0.848. The molecule has 0 aliphatic heterocycles. The van der Waals surface area contributed by atoms with Crippen molar-refractivity contribution >= 4 is 17.4 Å². The highest BCUT2D eigenvalue weighted by Gasteiger charge is 2.03. The number of aromatic nitrogens is 3. The number of non-ortho nitro benzene ring substituents is 1. The van der Waals surface area contributed by atoms with E-state index < -0.39 is 4.92 Å². The largest absolute Gasteiger partial charge is 0.269 e. The van der Waals surface area contributed by atoms with Gasteiger partial charge < -0.3 is 0 Å². The quantitative estimate of drug-likeness (QED) is 0.461. The molecule has 0 radical (unpaired) electrons. The number of benzene rings is 1. The second-order valence-corrected chi connectivity index (χ2v) is 4.43. The van der Waals surface area contributed by atoms with Gasteiger partial charge in [0.2, 0.25) is 0 Å². The molecule has 7 heteroatoms. The summed E-state index contributed by atoms with van der Waals surface area (Å²) in [6, 6.07) is 6.53. The Morgan fingerprint density at radius 1 is 1.35 bits per heavy atom. The van der Waals surface area contributed by atoms with Gasteiger partial charge in [-0.1, -0.05) is 0 Å². The molecule has 0 spiro atoms. The lowest BCUT2D eigenvalue weighted by Gasteiger charge is -2.01. The maximum atomic E-state index is 10.5. The Balaban J connectivity index is 1.85. The van der Waals surface area contributed by atoms with Crippen LogP contribution in [0.5, 0.6) is 0 Å². The zero-order valence-electron chi connectivity index (χ0n) is 8.89. The van der Waals surface area contributed by atoms with Crippen molar-refractivity contribution in [3.8, 4) is 0 Å². The van der Waals surface area contributed by atoms with Gasteiger partial charge in [0.15, 0.2) is 0 Å². The fourth-order valence-electron chi connectivity index (χ4n) is 1.27. The van der Waals surface area contributed by atoms with Crippen molar-refractivity contribution < 1.29 is 4.92 Å². The van der Waals surface area contributed by atoms with Crippen LogP contribution < -0.4 is 0 Å². The number of hydrogen-bond donors (Lipinski definition) is 0. The van der Waals surface area contributed by atoms with Crippen LogP contribution in [0.2, 0.25) is 0 Å². The van der Waals surface area contributed by atoms with E-state index in [0.717, 1.165) is 17.2 Å². The van der Waals surface area contributed by atoms with Crippen molar-refractivity contribution in [2.45, 2.75) is 11.4 Å². The van der Waals surface area contributed by atoms with Gasteiger partial charge >= 0.3 is 0 Å². The molecule has 0 amide bonds. The van der Waals surface area contributed by atoms with E-state index in [-0.39, 0.29) is 5.69 Å². The van der Waals surface area contributed by atoms with Crippen LogP contribution in [0.3, 0.4) is 0 Å². The van der Waals surface area contributed by atoms with Crippen LogP contribution >= 0.6 is 11.8 Å². The molecule has 0 saturated heterocycles. The van der Waals surface area contributed by atoms with E-state index in [9.17, 15) is 10.1 Å². The molecule has 17 heavy (non-hydrogen) atoms. The summed E-state index contributed by atoms with van der Waals surface area (Å²) in [5.41, 5.74) is 0.116. The molecule has 2 aromatic rings. The average Bonchev–Trinajstić information content (AvgIpc) is 2.83. The van der Waals surface area contributed by atoms with E-state index in [2.05, 4.69) is 10.1 Å². The smallest absolute Gasteiger partial charge is 0.258 e. The van der Waals surface area contributed by atoms with E-state index >= 15 is 0 Å². The Morgan fingerprint density at radius 2 is 2.12 bits per heavy atom. The molecule has 88 valence electrons. The summed E-state index contributed by atoms with van der Waals surface area (Å²) in [6.45, 7) is 0.766. The third-order valence-electron chi connectivity index (χ3n) is 2.10. The van der Waals surface area contributed by atoms with E-state index in [1.54, 1.807) is 34.9 Å². The van der Waals surface area contributed by atoms with Crippen molar-refractivity contribution in [2.24, 2.45) is 0 Å². The second kappa shape index (κ2) is 5.44. The number of nitrogens with zero attached hydrogens (tertiary/aromatic N) is 4.